The summed E-state index contributed by atoms with van der Waals surface area (Å²) in [5.74, 6) is -2.26. The molecule has 2 aromatic rings. The highest BCUT2D eigenvalue weighted by Crippen LogP contribution is 2.37. The number of nitrogens with zero attached hydrogens (tertiary/aromatic N) is 3. The van der Waals surface area contributed by atoms with Crippen LogP contribution < -0.4 is 10.1 Å². The third-order valence-electron chi connectivity index (χ3n) is 3.80. The van der Waals surface area contributed by atoms with E-state index in [4.69, 9.17) is 27.9 Å². The van der Waals surface area contributed by atoms with Crippen molar-refractivity contribution >= 4 is 40.6 Å². The number of carbonyl (C=O) groups excluding carboxylic acids is 1. The summed E-state index contributed by atoms with van der Waals surface area (Å²) < 4.78 is 4.85. The molecule has 1 aromatic carbocycles. The number of phenols is 1. The smallest absolute Gasteiger partial charge is 0.315 e. The number of aryl methyl sites for hydroxylation is 1. The fraction of sp³-hybridized carbons (Fsp3) is 0.188. The molecule has 0 aliphatic heterocycles. The lowest BCUT2D eigenvalue weighted by atomic mass is 10.1. The molecule has 12 heteroatoms. The minimum Gasteiger partial charge on any atom is -0.500 e. The summed E-state index contributed by atoms with van der Waals surface area (Å²) in [6.45, 7) is 3.21. The van der Waals surface area contributed by atoms with Crippen molar-refractivity contribution in [3.05, 3.63) is 54.8 Å². The lowest BCUT2D eigenvalue weighted by Crippen LogP contribution is -2.32. The number of nitro groups is 1. The summed E-state index contributed by atoms with van der Waals surface area (Å²) in [5.41, 5.74) is -0.0472. The number of nitrogens with one attached hydrogen (secondary N) is 1. The van der Waals surface area contributed by atoms with Gasteiger partial charge in [0.1, 0.15) is 5.15 Å². The van der Waals surface area contributed by atoms with Crippen molar-refractivity contribution < 1.29 is 24.8 Å². The van der Waals surface area contributed by atoms with Gasteiger partial charge in [-0.2, -0.15) is 0 Å². The normalized spacial score (nSPS) is 11.2. The third kappa shape index (κ3) is 3.92. The van der Waals surface area contributed by atoms with Crippen molar-refractivity contribution in [3.8, 4) is 11.5 Å². The number of carbonyl (C=O) groups is 1. The maximum absolute atomic E-state index is 12.6. The molecule has 0 bridgehead atoms. The molecular formula is C16H14Cl2N4O6. The molecule has 0 aliphatic rings. The Bertz CT molecular complexity index is 1010. The molecule has 0 atom stereocenters. The van der Waals surface area contributed by atoms with Crippen LogP contribution in [-0.4, -0.2) is 39.1 Å². The van der Waals surface area contributed by atoms with Gasteiger partial charge in [-0.3, -0.25) is 14.9 Å². The molecule has 0 saturated heterocycles. The van der Waals surface area contributed by atoms with E-state index < -0.39 is 22.3 Å². The average molecular weight is 429 g/mol. The van der Waals surface area contributed by atoms with E-state index in [1.54, 1.807) is 13.8 Å². The highest BCUT2D eigenvalue weighted by Gasteiger charge is 2.25. The number of aromatic nitrogens is 1. The van der Waals surface area contributed by atoms with Crippen LogP contribution in [0.4, 0.5) is 5.69 Å². The Labute approximate surface area is 168 Å². The SMILES string of the molecule is COc1cc(C(=O)N/C(=N/O)c2c(Cl)nc(C)c(Cl)c2C)cc([N+](=O)[O-])c1O. The minimum atomic E-state index is -0.888. The van der Waals surface area contributed by atoms with E-state index >= 15 is 0 Å². The highest BCUT2D eigenvalue weighted by atomic mass is 35.5. The summed E-state index contributed by atoms with van der Waals surface area (Å²) >= 11 is 12.2. The quantitative estimate of drug-likeness (QED) is 0.169. The van der Waals surface area contributed by atoms with Crippen molar-refractivity contribution in [2.75, 3.05) is 7.11 Å². The van der Waals surface area contributed by atoms with Crippen molar-refractivity contribution in [2.45, 2.75) is 13.8 Å². The molecule has 148 valence electrons. The molecule has 0 spiro atoms. The second kappa shape index (κ2) is 8.28. The zero-order valence-electron chi connectivity index (χ0n) is 14.8. The van der Waals surface area contributed by atoms with Crippen LogP contribution in [-0.2, 0) is 0 Å². The van der Waals surface area contributed by atoms with E-state index in [9.17, 15) is 25.2 Å². The van der Waals surface area contributed by atoms with Crippen LogP contribution in [0.1, 0.15) is 27.2 Å². The van der Waals surface area contributed by atoms with E-state index in [2.05, 4.69) is 15.5 Å². The van der Waals surface area contributed by atoms with Gasteiger partial charge in [-0.1, -0.05) is 28.4 Å². The van der Waals surface area contributed by atoms with Crippen LogP contribution >= 0.6 is 23.2 Å². The van der Waals surface area contributed by atoms with E-state index in [1.807, 2.05) is 0 Å². The van der Waals surface area contributed by atoms with E-state index in [0.29, 0.717) is 11.3 Å². The summed E-state index contributed by atoms with van der Waals surface area (Å²) in [4.78, 5) is 26.8. The zero-order chi connectivity index (χ0) is 21.2. The van der Waals surface area contributed by atoms with Crippen LogP contribution in [0.5, 0.6) is 11.5 Å². The van der Waals surface area contributed by atoms with Gasteiger partial charge in [-0.15, -0.1) is 0 Å². The summed E-state index contributed by atoms with van der Waals surface area (Å²) in [5, 5.41) is 35.7. The second-order valence-corrected chi connectivity index (χ2v) is 6.24. The van der Waals surface area contributed by atoms with Gasteiger partial charge >= 0.3 is 5.69 Å². The van der Waals surface area contributed by atoms with Crippen molar-refractivity contribution in [1.29, 1.82) is 0 Å². The molecule has 10 nitrogen and oxygen atoms in total. The molecule has 3 N–H and O–H groups in total. The number of amides is 1. The average Bonchev–Trinajstić information content (AvgIpc) is 2.65. The first-order chi connectivity index (χ1) is 13.1. The van der Waals surface area contributed by atoms with Gasteiger partial charge in [0, 0.05) is 6.07 Å². The lowest BCUT2D eigenvalue weighted by Gasteiger charge is -2.14. The molecule has 1 heterocycles. The van der Waals surface area contributed by atoms with Crippen LogP contribution in [0.3, 0.4) is 0 Å². The number of aromatic hydroxyl groups is 1. The summed E-state index contributed by atoms with van der Waals surface area (Å²) in [6.07, 6.45) is 0. The standard InChI is InChI=1S/C16H14Cl2N4O6/c1-6-11(14(18)19-7(2)12(6)17)15(21-25)20-16(24)8-4-9(22(26)27)13(23)10(5-8)28-3/h4-5,23,25H,1-3H3,(H,20,21,24). The first-order valence-electron chi connectivity index (χ1n) is 7.53. The maximum Gasteiger partial charge on any atom is 0.315 e. The molecule has 28 heavy (non-hydrogen) atoms. The van der Waals surface area contributed by atoms with E-state index in [1.165, 1.54) is 7.11 Å². The number of amidine groups is 1. The molecule has 0 unspecified atom stereocenters. The number of pyridine rings is 1. The van der Waals surface area contributed by atoms with Gasteiger partial charge in [0.15, 0.2) is 11.6 Å². The number of phenolic OH excluding ortho intramolecular Hbond substituents is 1. The molecule has 0 aliphatic carbocycles. The zero-order valence-corrected chi connectivity index (χ0v) is 16.3. The molecular weight excluding hydrogens is 415 g/mol. The Morgan fingerprint density at radius 1 is 1.36 bits per heavy atom. The summed E-state index contributed by atoms with van der Waals surface area (Å²) in [7, 11) is 1.17. The Hall–Kier alpha value is -3.11. The highest BCUT2D eigenvalue weighted by molar-refractivity contribution is 6.36. The molecule has 2 rings (SSSR count). The number of oxime groups is 1. The van der Waals surface area contributed by atoms with E-state index in [-0.39, 0.29) is 32.9 Å². The predicted molar refractivity (Wildman–Crippen MR) is 101 cm³/mol. The molecule has 1 amide bonds. The van der Waals surface area contributed by atoms with Gasteiger partial charge in [0.2, 0.25) is 5.75 Å². The second-order valence-electron chi connectivity index (χ2n) is 5.51. The van der Waals surface area contributed by atoms with Gasteiger partial charge in [-0.25, -0.2) is 4.98 Å². The van der Waals surface area contributed by atoms with Gasteiger partial charge < -0.3 is 20.4 Å². The van der Waals surface area contributed by atoms with Gasteiger partial charge in [0.05, 0.1) is 33.9 Å². The van der Waals surface area contributed by atoms with Crippen molar-refractivity contribution in [3.63, 3.8) is 0 Å². The number of hydrogen-bond acceptors (Lipinski definition) is 8. The number of rotatable bonds is 4. The maximum atomic E-state index is 12.6. The number of methoxy groups -OCH3 is 1. The van der Waals surface area contributed by atoms with Crippen LogP contribution in [0.2, 0.25) is 10.2 Å². The Balaban J connectivity index is 2.49. The molecule has 0 radical (unpaired) electrons. The summed E-state index contributed by atoms with van der Waals surface area (Å²) in [6, 6.07) is 1.93. The number of nitro benzene ring substituents is 1. The van der Waals surface area contributed by atoms with Crippen molar-refractivity contribution in [2.24, 2.45) is 5.16 Å². The van der Waals surface area contributed by atoms with E-state index in [0.717, 1.165) is 12.1 Å². The molecule has 0 saturated carbocycles. The Morgan fingerprint density at radius 3 is 2.54 bits per heavy atom. The fourth-order valence-corrected chi connectivity index (χ4v) is 2.89. The minimum absolute atomic E-state index is 0.0678. The van der Waals surface area contributed by atoms with Gasteiger partial charge in [0.25, 0.3) is 5.91 Å². The molecule has 1 aromatic heterocycles. The predicted octanol–water partition coefficient (Wildman–Crippen LogP) is 3.19. The third-order valence-corrected chi connectivity index (χ3v) is 4.63. The number of ether oxygens (including phenoxy) is 1. The first kappa shape index (κ1) is 21.2. The number of benzene rings is 1. The lowest BCUT2D eigenvalue weighted by molar-refractivity contribution is -0.386. The topological polar surface area (TPSA) is 147 Å². The van der Waals surface area contributed by atoms with Gasteiger partial charge in [-0.05, 0) is 25.5 Å². The van der Waals surface area contributed by atoms with Crippen molar-refractivity contribution in [1.82, 2.24) is 10.3 Å². The monoisotopic (exact) mass is 428 g/mol. The number of hydrogen-bond donors (Lipinski definition) is 3. The van der Waals surface area contributed by atoms with Crippen LogP contribution in [0.25, 0.3) is 0 Å². The first-order valence-corrected chi connectivity index (χ1v) is 8.29. The van der Waals surface area contributed by atoms with Crippen LogP contribution in [0.15, 0.2) is 17.3 Å². The molecule has 0 fully saturated rings. The van der Waals surface area contributed by atoms with Crippen LogP contribution in [0, 0.1) is 24.0 Å². The Kier molecular flexibility index (Phi) is 6.26. The number of halogens is 2. The fourth-order valence-electron chi connectivity index (χ4n) is 2.40. The Morgan fingerprint density at radius 2 is 2.00 bits per heavy atom. The largest absolute Gasteiger partial charge is 0.500 e.